The highest BCUT2D eigenvalue weighted by molar-refractivity contribution is 5.82. The minimum atomic E-state index is -0.292. The molecule has 0 N–H and O–H groups in total. The van der Waals surface area contributed by atoms with Crippen LogP contribution in [-0.4, -0.2) is 19.2 Å². The molecule has 0 aromatic rings. The maximum absolute atomic E-state index is 11.0. The molecule has 1 heterocycles. The van der Waals surface area contributed by atoms with Crippen LogP contribution >= 0.6 is 0 Å². The third kappa shape index (κ3) is 3.97. The molecule has 0 aliphatic carbocycles. The average Bonchev–Trinajstić information content (AvgIpc) is 2.33. The van der Waals surface area contributed by atoms with Crippen LogP contribution in [0.2, 0.25) is 0 Å². The standard InChI is InChI=1S/C10H16O3/c1-2-12-10(11)8-9-6-4-3-5-7-13-9/h8H,2-7H2,1H3/b9-8+. The van der Waals surface area contributed by atoms with Crippen molar-refractivity contribution in [3.05, 3.63) is 11.8 Å². The van der Waals surface area contributed by atoms with Crippen molar-refractivity contribution in [1.82, 2.24) is 0 Å². The molecule has 0 amide bonds. The average molecular weight is 184 g/mol. The van der Waals surface area contributed by atoms with Crippen molar-refractivity contribution in [3.63, 3.8) is 0 Å². The lowest BCUT2D eigenvalue weighted by atomic mass is 10.2. The summed E-state index contributed by atoms with van der Waals surface area (Å²) in [6, 6.07) is 0. The zero-order valence-corrected chi connectivity index (χ0v) is 8.04. The number of ether oxygens (including phenoxy) is 2. The lowest BCUT2D eigenvalue weighted by Crippen LogP contribution is -2.02. The van der Waals surface area contributed by atoms with E-state index < -0.39 is 0 Å². The predicted molar refractivity (Wildman–Crippen MR) is 49.1 cm³/mol. The Morgan fingerprint density at radius 1 is 1.54 bits per heavy atom. The Morgan fingerprint density at radius 3 is 3.15 bits per heavy atom. The quantitative estimate of drug-likeness (QED) is 0.486. The first kappa shape index (κ1) is 10.1. The molecule has 0 saturated carbocycles. The zero-order chi connectivity index (χ0) is 9.52. The molecule has 0 radical (unpaired) electrons. The molecule has 1 saturated heterocycles. The Kier molecular flexibility index (Phi) is 4.36. The Labute approximate surface area is 78.7 Å². The number of allylic oxidation sites excluding steroid dienone is 1. The number of hydrogen-bond donors (Lipinski definition) is 0. The van der Waals surface area contributed by atoms with Crippen LogP contribution in [0.25, 0.3) is 0 Å². The van der Waals surface area contributed by atoms with Crippen molar-refractivity contribution in [2.45, 2.75) is 32.6 Å². The van der Waals surface area contributed by atoms with Crippen LogP contribution in [-0.2, 0) is 14.3 Å². The summed E-state index contributed by atoms with van der Waals surface area (Å²) in [7, 11) is 0. The van der Waals surface area contributed by atoms with E-state index in [0.717, 1.165) is 31.6 Å². The molecule has 74 valence electrons. The monoisotopic (exact) mass is 184 g/mol. The lowest BCUT2D eigenvalue weighted by molar-refractivity contribution is -0.137. The van der Waals surface area contributed by atoms with Crippen LogP contribution < -0.4 is 0 Å². The molecule has 0 aromatic carbocycles. The number of carbonyl (C=O) groups is 1. The summed E-state index contributed by atoms with van der Waals surface area (Å²) in [6.45, 7) is 2.94. The van der Waals surface area contributed by atoms with E-state index in [1.807, 2.05) is 0 Å². The molecule has 0 atom stereocenters. The molecule has 1 aliphatic rings. The highest BCUT2D eigenvalue weighted by atomic mass is 16.5. The SMILES string of the molecule is CCOC(=O)/C=C1\CCCCCO1. The highest BCUT2D eigenvalue weighted by Gasteiger charge is 2.07. The highest BCUT2D eigenvalue weighted by Crippen LogP contribution is 2.15. The molecule has 13 heavy (non-hydrogen) atoms. The summed E-state index contributed by atoms with van der Waals surface area (Å²) < 4.78 is 10.2. The largest absolute Gasteiger partial charge is 0.498 e. The first-order valence-electron chi connectivity index (χ1n) is 4.83. The van der Waals surface area contributed by atoms with Crippen LogP contribution in [0.1, 0.15) is 32.6 Å². The fourth-order valence-electron chi connectivity index (χ4n) is 1.28. The minimum absolute atomic E-state index is 0.292. The third-order valence-electron chi connectivity index (χ3n) is 1.92. The minimum Gasteiger partial charge on any atom is -0.498 e. The van der Waals surface area contributed by atoms with Gasteiger partial charge in [-0.2, -0.15) is 0 Å². The van der Waals surface area contributed by atoms with E-state index in [2.05, 4.69) is 0 Å². The van der Waals surface area contributed by atoms with Gasteiger partial charge in [0.15, 0.2) is 0 Å². The molecular formula is C10H16O3. The molecule has 3 heteroatoms. The van der Waals surface area contributed by atoms with Crippen molar-refractivity contribution in [2.75, 3.05) is 13.2 Å². The number of esters is 1. The molecule has 3 nitrogen and oxygen atoms in total. The van der Waals surface area contributed by atoms with Gasteiger partial charge in [-0.15, -0.1) is 0 Å². The molecular weight excluding hydrogens is 168 g/mol. The summed E-state index contributed by atoms with van der Waals surface area (Å²) in [5.74, 6) is 0.482. The van der Waals surface area contributed by atoms with Gasteiger partial charge in [-0.05, 0) is 26.2 Å². The maximum Gasteiger partial charge on any atom is 0.334 e. The number of hydrogen-bond acceptors (Lipinski definition) is 3. The first-order valence-corrected chi connectivity index (χ1v) is 4.83. The maximum atomic E-state index is 11.0. The van der Waals surface area contributed by atoms with Crippen molar-refractivity contribution < 1.29 is 14.3 Å². The van der Waals surface area contributed by atoms with E-state index >= 15 is 0 Å². The summed E-state index contributed by atoms with van der Waals surface area (Å²) in [5.41, 5.74) is 0. The smallest absolute Gasteiger partial charge is 0.334 e. The van der Waals surface area contributed by atoms with E-state index in [9.17, 15) is 4.79 Å². The Bertz CT molecular complexity index is 186. The van der Waals surface area contributed by atoms with Crippen LogP contribution in [0.4, 0.5) is 0 Å². The second-order valence-corrected chi connectivity index (χ2v) is 3.02. The normalized spacial score (nSPS) is 20.5. The van der Waals surface area contributed by atoms with Crippen LogP contribution in [0.3, 0.4) is 0 Å². The Hall–Kier alpha value is -0.990. The van der Waals surface area contributed by atoms with Gasteiger partial charge in [0.1, 0.15) is 5.76 Å². The fourth-order valence-corrected chi connectivity index (χ4v) is 1.28. The topological polar surface area (TPSA) is 35.5 Å². The van der Waals surface area contributed by atoms with Gasteiger partial charge in [0.2, 0.25) is 0 Å². The summed E-state index contributed by atoms with van der Waals surface area (Å²) in [5, 5.41) is 0. The van der Waals surface area contributed by atoms with Crippen molar-refractivity contribution >= 4 is 5.97 Å². The summed E-state index contributed by atoms with van der Waals surface area (Å²) in [6.07, 6.45) is 5.69. The fraction of sp³-hybridized carbons (Fsp3) is 0.700. The van der Waals surface area contributed by atoms with Gasteiger partial charge in [0.05, 0.1) is 19.3 Å². The van der Waals surface area contributed by atoms with Gasteiger partial charge in [0.25, 0.3) is 0 Å². The van der Waals surface area contributed by atoms with Crippen LogP contribution in [0.5, 0.6) is 0 Å². The van der Waals surface area contributed by atoms with Crippen molar-refractivity contribution in [1.29, 1.82) is 0 Å². The Balaban J connectivity index is 2.42. The van der Waals surface area contributed by atoms with Gasteiger partial charge in [-0.1, -0.05) is 0 Å². The summed E-state index contributed by atoms with van der Waals surface area (Å²) >= 11 is 0. The second-order valence-electron chi connectivity index (χ2n) is 3.02. The van der Waals surface area contributed by atoms with E-state index in [1.165, 1.54) is 12.5 Å². The predicted octanol–water partition coefficient (Wildman–Crippen LogP) is 2.02. The van der Waals surface area contributed by atoms with Crippen LogP contribution in [0.15, 0.2) is 11.8 Å². The second kappa shape index (κ2) is 5.62. The van der Waals surface area contributed by atoms with E-state index in [-0.39, 0.29) is 5.97 Å². The third-order valence-corrected chi connectivity index (χ3v) is 1.92. The lowest BCUT2D eigenvalue weighted by Gasteiger charge is -2.04. The van der Waals surface area contributed by atoms with Gasteiger partial charge < -0.3 is 9.47 Å². The molecule has 1 rings (SSSR count). The molecule has 1 aliphatic heterocycles. The van der Waals surface area contributed by atoms with Crippen molar-refractivity contribution in [2.24, 2.45) is 0 Å². The summed E-state index contributed by atoms with van der Waals surface area (Å²) in [4.78, 5) is 11.0. The van der Waals surface area contributed by atoms with E-state index in [1.54, 1.807) is 6.92 Å². The van der Waals surface area contributed by atoms with Crippen LogP contribution in [0, 0.1) is 0 Å². The molecule has 1 fully saturated rings. The molecule has 0 unspecified atom stereocenters. The molecule has 0 spiro atoms. The Morgan fingerprint density at radius 2 is 2.38 bits per heavy atom. The van der Waals surface area contributed by atoms with E-state index in [4.69, 9.17) is 9.47 Å². The van der Waals surface area contributed by atoms with Gasteiger partial charge in [0, 0.05) is 6.42 Å². The zero-order valence-electron chi connectivity index (χ0n) is 8.04. The van der Waals surface area contributed by atoms with E-state index in [0.29, 0.717) is 6.61 Å². The van der Waals surface area contributed by atoms with Crippen molar-refractivity contribution in [3.8, 4) is 0 Å². The molecule has 0 aromatic heterocycles. The van der Waals surface area contributed by atoms with Gasteiger partial charge in [-0.25, -0.2) is 4.79 Å². The first-order chi connectivity index (χ1) is 6.33. The van der Waals surface area contributed by atoms with Gasteiger partial charge in [-0.3, -0.25) is 0 Å². The number of carbonyl (C=O) groups excluding carboxylic acids is 1. The number of rotatable bonds is 2. The van der Waals surface area contributed by atoms with Gasteiger partial charge >= 0.3 is 5.97 Å². The molecule has 0 bridgehead atoms.